The summed E-state index contributed by atoms with van der Waals surface area (Å²) in [5.41, 5.74) is 2.80. The third-order valence-electron chi connectivity index (χ3n) is 3.81. The number of anilines is 1. The summed E-state index contributed by atoms with van der Waals surface area (Å²) in [6.07, 6.45) is 1.26. The summed E-state index contributed by atoms with van der Waals surface area (Å²) in [5.74, 6) is 5.55. The molecule has 1 aliphatic rings. The number of nitrogens with zero attached hydrogens (tertiary/aromatic N) is 4. The van der Waals surface area contributed by atoms with Gasteiger partial charge < -0.3 is 20.2 Å². The van der Waals surface area contributed by atoms with Crippen LogP contribution < -0.4 is 10.7 Å². The average molecular weight is 343 g/mol. The summed E-state index contributed by atoms with van der Waals surface area (Å²) < 4.78 is 11.3. The SMILES string of the molecule is CN(C)c1cc(C#N)ccc1/C(C=NCC1OCC(C)(C)CO1)=N/N. The standard InChI is InChI=1S/C18H25N5O2/c1-18(2)11-24-17(25-12-18)10-21-9-15(22-20)14-6-5-13(8-19)7-16(14)23(3)4/h5-7,9,17H,10-12,20H2,1-4H3/b21-9?,22-15+. The molecule has 0 unspecified atom stereocenters. The molecule has 0 aromatic heterocycles. The van der Waals surface area contributed by atoms with Crippen LogP contribution in [0.2, 0.25) is 0 Å². The van der Waals surface area contributed by atoms with E-state index < -0.39 is 0 Å². The van der Waals surface area contributed by atoms with Crippen molar-refractivity contribution in [2.75, 3.05) is 38.8 Å². The molecule has 0 amide bonds. The lowest BCUT2D eigenvalue weighted by molar-refractivity contribution is -0.215. The van der Waals surface area contributed by atoms with Crippen molar-refractivity contribution in [3.63, 3.8) is 0 Å². The van der Waals surface area contributed by atoms with Crippen molar-refractivity contribution in [1.29, 1.82) is 5.26 Å². The normalized spacial score (nSPS) is 18.3. The highest BCUT2D eigenvalue weighted by atomic mass is 16.7. The van der Waals surface area contributed by atoms with E-state index in [9.17, 15) is 0 Å². The second kappa shape index (κ2) is 8.10. The summed E-state index contributed by atoms with van der Waals surface area (Å²) in [6, 6.07) is 7.48. The molecule has 0 bridgehead atoms. The van der Waals surface area contributed by atoms with Crippen LogP contribution in [-0.2, 0) is 9.47 Å². The molecule has 1 aromatic rings. The first-order valence-electron chi connectivity index (χ1n) is 8.09. The monoisotopic (exact) mass is 343 g/mol. The van der Waals surface area contributed by atoms with Crippen molar-refractivity contribution in [3.8, 4) is 6.07 Å². The number of hydrogen-bond acceptors (Lipinski definition) is 7. The Hall–Kier alpha value is -2.43. The lowest BCUT2D eigenvalue weighted by atomic mass is 9.96. The third kappa shape index (κ3) is 5.02. The number of ether oxygens (including phenoxy) is 2. The Morgan fingerprint density at radius 2 is 2.08 bits per heavy atom. The van der Waals surface area contributed by atoms with Crippen LogP contribution in [0.1, 0.15) is 25.0 Å². The zero-order valence-corrected chi connectivity index (χ0v) is 15.2. The van der Waals surface area contributed by atoms with Crippen molar-refractivity contribution in [1.82, 2.24) is 0 Å². The number of aliphatic imine (C=N–C) groups is 1. The van der Waals surface area contributed by atoms with Crippen LogP contribution in [0.4, 0.5) is 5.69 Å². The van der Waals surface area contributed by atoms with E-state index in [-0.39, 0.29) is 11.7 Å². The maximum atomic E-state index is 9.08. The second-order valence-electron chi connectivity index (χ2n) is 6.96. The summed E-state index contributed by atoms with van der Waals surface area (Å²) in [5, 5.41) is 12.9. The van der Waals surface area contributed by atoms with Gasteiger partial charge in [0.15, 0.2) is 6.29 Å². The Labute approximate surface area is 148 Å². The van der Waals surface area contributed by atoms with Crippen LogP contribution in [0.3, 0.4) is 0 Å². The predicted molar refractivity (Wildman–Crippen MR) is 99.0 cm³/mol. The maximum Gasteiger partial charge on any atom is 0.176 e. The van der Waals surface area contributed by atoms with Gasteiger partial charge in [-0.15, -0.1) is 0 Å². The fourth-order valence-corrected chi connectivity index (χ4v) is 2.42. The second-order valence-corrected chi connectivity index (χ2v) is 6.96. The molecule has 25 heavy (non-hydrogen) atoms. The predicted octanol–water partition coefficient (Wildman–Crippen LogP) is 1.76. The Bertz CT molecular complexity index is 694. The molecule has 0 aliphatic carbocycles. The van der Waals surface area contributed by atoms with Gasteiger partial charge in [-0.25, -0.2) is 0 Å². The van der Waals surface area contributed by atoms with E-state index in [2.05, 4.69) is 30.0 Å². The van der Waals surface area contributed by atoms with Gasteiger partial charge in [0.05, 0.1) is 31.4 Å². The lowest BCUT2D eigenvalue weighted by Crippen LogP contribution is -2.39. The first-order valence-corrected chi connectivity index (χ1v) is 8.09. The summed E-state index contributed by atoms with van der Waals surface area (Å²) in [4.78, 5) is 6.27. The maximum absolute atomic E-state index is 9.08. The molecule has 1 fully saturated rings. The number of nitriles is 1. The fraction of sp³-hybridized carbons (Fsp3) is 0.500. The van der Waals surface area contributed by atoms with Gasteiger partial charge >= 0.3 is 0 Å². The molecule has 1 aromatic carbocycles. The average Bonchev–Trinajstić information content (AvgIpc) is 2.59. The van der Waals surface area contributed by atoms with Gasteiger partial charge in [-0.2, -0.15) is 10.4 Å². The number of hydrazone groups is 1. The molecule has 2 rings (SSSR count). The highest BCUT2D eigenvalue weighted by Gasteiger charge is 2.27. The molecule has 1 aliphatic heterocycles. The summed E-state index contributed by atoms with van der Waals surface area (Å²) in [6.45, 7) is 5.86. The van der Waals surface area contributed by atoms with Gasteiger partial charge in [0, 0.05) is 37.0 Å². The van der Waals surface area contributed by atoms with E-state index in [0.29, 0.717) is 31.0 Å². The molecule has 0 spiro atoms. The van der Waals surface area contributed by atoms with Gasteiger partial charge in [-0.05, 0) is 18.2 Å². The quantitative estimate of drug-likeness (QED) is 0.499. The number of benzene rings is 1. The molecule has 0 radical (unpaired) electrons. The van der Waals surface area contributed by atoms with Crippen LogP contribution in [0.25, 0.3) is 0 Å². The molecular formula is C18H25N5O2. The van der Waals surface area contributed by atoms with E-state index in [1.807, 2.05) is 25.1 Å². The number of rotatable bonds is 5. The van der Waals surface area contributed by atoms with Gasteiger partial charge in [-0.3, -0.25) is 4.99 Å². The van der Waals surface area contributed by atoms with Crippen molar-refractivity contribution in [2.45, 2.75) is 20.1 Å². The first-order chi connectivity index (χ1) is 11.9. The Morgan fingerprint density at radius 1 is 1.40 bits per heavy atom. The minimum absolute atomic E-state index is 0.0349. The van der Waals surface area contributed by atoms with E-state index >= 15 is 0 Å². The smallest absolute Gasteiger partial charge is 0.176 e. The molecular weight excluding hydrogens is 318 g/mol. The van der Waals surface area contributed by atoms with Gasteiger partial charge in [0.25, 0.3) is 0 Å². The van der Waals surface area contributed by atoms with Crippen LogP contribution in [0, 0.1) is 16.7 Å². The molecule has 1 saturated heterocycles. The molecule has 2 N–H and O–H groups in total. The van der Waals surface area contributed by atoms with Crippen LogP contribution >= 0.6 is 0 Å². The Kier molecular flexibility index (Phi) is 6.12. The lowest BCUT2D eigenvalue weighted by Gasteiger charge is -2.33. The van der Waals surface area contributed by atoms with Crippen LogP contribution in [0.5, 0.6) is 0 Å². The fourth-order valence-electron chi connectivity index (χ4n) is 2.42. The van der Waals surface area contributed by atoms with Gasteiger partial charge in [-0.1, -0.05) is 13.8 Å². The zero-order valence-electron chi connectivity index (χ0n) is 15.2. The Morgan fingerprint density at radius 3 is 2.64 bits per heavy atom. The van der Waals surface area contributed by atoms with Crippen LogP contribution in [0.15, 0.2) is 28.3 Å². The number of nitrogens with two attached hydrogens (primary N) is 1. The van der Waals surface area contributed by atoms with Crippen molar-refractivity contribution in [3.05, 3.63) is 29.3 Å². The Balaban J connectivity index is 2.09. The minimum atomic E-state index is -0.349. The molecule has 0 atom stereocenters. The van der Waals surface area contributed by atoms with E-state index in [0.717, 1.165) is 11.3 Å². The third-order valence-corrected chi connectivity index (χ3v) is 3.81. The van der Waals surface area contributed by atoms with E-state index in [1.165, 1.54) is 0 Å². The number of hydrogen-bond donors (Lipinski definition) is 1. The zero-order chi connectivity index (χ0) is 18.4. The van der Waals surface area contributed by atoms with Gasteiger partial charge in [0.1, 0.15) is 5.71 Å². The van der Waals surface area contributed by atoms with Gasteiger partial charge in [0.2, 0.25) is 0 Å². The molecule has 134 valence electrons. The summed E-state index contributed by atoms with van der Waals surface area (Å²) >= 11 is 0. The van der Waals surface area contributed by atoms with Crippen LogP contribution in [-0.4, -0.2) is 52.1 Å². The molecule has 1 heterocycles. The van der Waals surface area contributed by atoms with Crippen molar-refractivity contribution < 1.29 is 9.47 Å². The van der Waals surface area contributed by atoms with Crippen molar-refractivity contribution in [2.24, 2.45) is 21.4 Å². The molecule has 7 nitrogen and oxygen atoms in total. The van der Waals surface area contributed by atoms with E-state index in [4.69, 9.17) is 20.6 Å². The topological polar surface area (TPSA) is 96.2 Å². The van der Waals surface area contributed by atoms with Crippen molar-refractivity contribution >= 4 is 17.6 Å². The largest absolute Gasteiger partial charge is 0.377 e. The summed E-state index contributed by atoms with van der Waals surface area (Å²) in [7, 11) is 3.80. The first kappa shape index (κ1) is 18.9. The molecule has 7 heteroatoms. The highest BCUT2D eigenvalue weighted by Crippen LogP contribution is 2.23. The minimum Gasteiger partial charge on any atom is -0.377 e. The highest BCUT2D eigenvalue weighted by molar-refractivity contribution is 6.39. The molecule has 0 saturated carbocycles. The van der Waals surface area contributed by atoms with E-state index in [1.54, 1.807) is 18.3 Å².